The Hall–Kier alpha value is 0.210. The summed E-state index contributed by atoms with van der Waals surface area (Å²) in [5, 5.41) is 0.534. The summed E-state index contributed by atoms with van der Waals surface area (Å²) in [6, 6.07) is 11.0. The minimum absolute atomic E-state index is 0. The summed E-state index contributed by atoms with van der Waals surface area (Å²) in [5.41, 5.74) is 4.28. The van der Waals surface area contributed by atoms with Crippen LogP contribution in [-0.2, 0) is 4.57 Å². The van der Waals surface area contributed by atoms with Crippen LogP contribution in [0.5, 0.6) is 0 Å². The van der Waals surface area contributed by atoms with E-state index in [2.05, 4.69) is 0 Å². The molecule has 21 heavy (non-hydrogen) atoms. The molecule has 0 atom stereocenters. The average Bonchev–Trinajstić information content (AvgIpc) is 2.37. The van der Waals surface area contributed by atoms with Gasteiger partial charge >= 0.3 is 59.1 Å². The number of carbonyl (C=O) groups excluding carboxylic acids is 1. The molecule has 0 aliphatic heterocycles. The van der Waals surface area contributed by atoms with Gasteiger partial charge in [-0.1, -0.05) is 29.8 Å². The Morgan fingerprint density at radius 1 is 1.00 bits per heavy atom. The van der Waals surface area contributed by atoms with Gasteiger partial charge in [0.2, 0.25) is 0 Å². The van der Waals surface area contributed by atoms with Gasteiger partial charge in [-0.05, 0) is 44.0 Å². The first-order valence-electron chi connectivity index (χ1n) is 6.09. The van der Waals surface area contributed by atoms with E-state index in [9.17, 15) is 9.36 Å². The van der Waals surface area contributed by atoms with Crippen molar-refractivity contribution in [2.75, 3.05) is 0 Å². The fourth-order valence-electron chi connectivity index (χ4n) is 2.42. The molecule has 0 bridgehead atoms. The molecule has 100 valence electrons. The average molecular weight is 318 g/mol. The molecule has 0 aromatic heterocycles. The van der Waals surface area contributed by atoms with Crippen molar-refractivity contribution in [2.45, 2.75) is 20.8 Å². The smallest absolute Gasteiger partial charge is 1.00 e. The number of rotatable bonds is 3. The predicted octanol–water partition coefficient (Wildman–Crippen LogP) is -2.01. The van der Waals surface area contributed by atoms with Gasteiger partial charge in [-0.15, -0.1) is 0 Å². The molecule has 0 aliphatic carbocycles. The fourth-order valence-corrected chi connectivity index (χ4v) is 2.84. The number of aryl methyl sites for hydroxylation is 3. The molecular formula is C16H17Na2O2P. The molecule has 0 N–H and O–H groups in total. The van der Waals surface area contributed by atoms with Crippen LogP contribution in [0, 0.1) is 20.8 Å². The summed E-state index contributed by atoms with van der Waals surface area (Å²) in [6.07, 6.45) is 0. The van der Waals surface area contributed by atoms with Gasteiger partial charge < -0.3 is 2.85 Å². The molecule has 0 amide bonds. The van der Waals surface area contributed by atoms with Gasteiger partial charge in [0.1, 0.15) is 0 Å². The first-order valence-corrected chi connectivity index (χ1v) is 6.90. The van der Waals surface area contributed by atoms with Gasteiger partial charge in [0.05, 0.1) is 5.30 Å². The second-order valence-electron chi connectivity index (χ2n) is 4.71. The Bertz CT molecular complexity index is 656. The van der Waals surface area contributed by atoms with Gasteiger partial charge in [-0.25, -0.2) is 0 Å². The number of carbonyl (C=O) groups is 1. The van der Waals surface area contributed by atoms with Gasteiger partial charge in [-0.3, -0.25) is 9.36 Å². The molecule has 0 saturated heterocycles. The van der Waals surface area contributed by atoms with Crippen LogP contribution in [-0.4, -0.2) is 5.78 Å². The molecule has 0 saturated carbocycles. The van der Waals surface area contributed by atoms with Crippen LogP contribution in [0.4, 0.5) is 0 Å². The molecule has 0 spiro atoms. The molecule has 5 heteroatoms. The van der Waals surface area contributed by atoms with Gasteiger partial charge in [0.15, 0.2) is 14.2 Å². The van der Waals surface area contributed by atoms with E-state index in [1.54, 1.807) is 24.3 Å². The molecule has 2 aromatic carbocycles. The van der Waals surface area contributed by atoms with Crippen LogP contribution < -0.4 is 64.4 Å². The Kier molecular flexibility index (Phi) is 9.47. The topological polar surface area (TPSA) is 34.1 Å². The fraction of sp³-hybridized carbons (Fsp3) is 0.188. The monoisotopic (exact) mass is 318 g/mol. The number of hydrogen-bond acceptors (Lipinski definition) is 2. The maximum atomic E-state index is 12.6. The first kappa shape index (κ1) is 21.2. The Labute approximate surface area is 174 Å². The van der Waals surface area contributed by atoms with Gasteiger partial charge in [0.25, 0.3) is 0 Å². The third-order valence-electron chi connectivity index (χ3n) is 3.15. The van der Waals surface area contributed by atoms with Crippen molar-refractivity contribution < 1.29 is 71.3 Å². The van der Waals surface area contributed by atoms with Gasteiger partial charge in [0, 0.05) is 11.1 Å². The normalized spacial score (nSPS) is 9.67. The zero-order valence-corrected chi connectivity index (χ0v) is 18.1. The largest absolute Gasteiger partial charge is 1.00 e. The summed E-state index contributed by atoms with van der Waals surface area (Å²) in [4.78, 5) is 12.6. The van der Waals surface area contributed by atoms with Crippen molar-refractivity contribution in [3.05, 3.63) is 64.2 Å². The number of benzene rings is 2. The van der Waals surface area contributed by atoms with Crippen LogP contribution in [0.15, 0.2) is 36.4 Å². The van der Waals surface area contributed by atoms with E-state index >= 15 is 0 Å². The van der Waals surface area contributed by atoms with Crippen LogP contribution in [0.25, 0.3) is 0 Å². The van der Waals surface area contributed by atoms with E-state index in [-0.39, 0.29) is 76.2 Å². The summed E-state index contributed by atoms with van der Waals surface area (Å²) in [7, 11) is -0.125. The van der Waals surface area contributed by atoms with E-state index < -0.39 is 0 Å². The zero-order chi connectivity index (χ0) is 14.0. The summed E-state index contributed by atoms with van der Waals surface area (Å²) in [6.45, 7) is 5.88. The van der Waals surface area contributed by atoms with Crippen molar-refractivity contribution >= 4 is 19.5 Å². The van der Waals surface area contributed by atoms with E-state index in [0.717, 1.165) is 16.7 Å². The van der Waals surface area contributed by atoms with Crippen molar-refractivity contribution in [3.8, 4) is 0 Å². The second-order valence-corrected chi connectivity index (χ2v) is 5.38. The van der Waals surface area contributed by atoms with E-state index in [4.69, 9.17) is 0 Å². The van der Waals surface area contributed by atoms with Crippen molar-refractivity contribution in [1.82, 2.24) is 0 Å². The molecule has 2 nitrogen and oxygen atoms in total. The number of hydrogen-bond donors (Lipinski definition) is 0. The van der Waals surface area contributed by atoms with Crippen molar-refractivity contribution in [3.63, 3.8) is 0 Å². The van der Waals surface area contributed by atoms with E-state index in [1.807, 2.05) is 32.9 Å². The van der Waals surface area contributed by atoms with Crippen molar-refractivity contribution in [2.24, 2.45) is 0 Å². The van der Waals surface area contributed by atoms with Crippen molar-refractivity contribution in [1.29, 1.82) is 0 Å². The Morgan fingerprint density at radius 2 is 1.52 bits per heavy atom. The second kappa shape index (κ2) is 9.37. The van der Waals surface area contributed by atoms with E-state index in [1.165, 1.54) is 0 Å². The maximum absolute atomic E-state index is 12.6. The first-order chi connectivity index (χ1) is 9.04. The molecule has 0 aliphatic rings. The molecule has 0 heterocycles. The van der Waals surface area contributed by atoms with Crippen LogP contribution in [0.3, 0.4) is 0 Å². The van der Waals surface area contributed by atoms with Crippen LogP contribution in [0.1, 0.15) is 35.5 Å². The van der Waals surface area contributed by atoms with Gasteiger partial charge in [-0.2, -0.15) is 0 Å². The third kappa shape index (κ3) is 4.84. The van der Waals surface area contributed by atoms with Crippen LogP contribution >= 0.6 is 8.46 Å². The molecule has 2 aromatic rings. The maximum Gasteiger partial charge on any atom is 1.00 e. The summed E-state index contributed by atoms with van der Waals surface area (Å²) >= 11 is 0. The molecule has 0 unspecified atom stereocenters. The van der Waals surface area contributed by atoms with Crippen LogP contribution in [0.2, 0.25) is 0 Å². The molecular weight excluding hydrogens is 301 g/mol. The molecule has 0 radical (unpaired) electrons. The zero-order valence-electron chi connectivity index (χ0n) is 15.2. The summed E-state index contributed by atoms with van der Waals surface area (Å²) < 4.78 is 11.1. The third-order valence-corrected chi connectivity index (χ3v) is 3.74. The molecule has 2 rings (SSSR count). The quantitative estimate of drug-likeness (QED) is 0.372. The minimum atomic E-state index is -0.125. The van der Waals surface area contributed by atoms with E-state index in [0.29, 0.717) is 16.4 Å². The Balaban J connectivity index is -0.000001000. The standard InChI is InChI=1S/C16H15O2P.2Na.2H/c1-10-8-11(2)15(12(3)9-10)16(17)13-6-4-5-7-14(13)19-18;;;;/h4-9H,1-3H3;;;;/q;2*+1;2*-1. The SMILES string of the molecule is Cc1cc(C)c(C(=O)c2ccccc2P=O)c(C)c1.[H-].[H-].[Na+].[Na+]. The predicted molar refractivity (Wildman–Crippen MR) is 80.0 cm³/mol. The number of ketones is 1. The minimum Gasteiger partial charge on any atom is -1.00 e. The summed E-state index contributed by atoms with van der Waals surface area (Å²) in [5.74, 6) is -0.0612. The Morgan fingerprint density at radius 3 is 2.05 bits per heavy atom. The molecule has 0 fully saturated rings.